The van der Waals surface area contributed by atoms with Gasteiger partial charge in [-0.15, -0.1) is 0 Å². The van der Waals surface area contributed by atoms with E-state index in [9.17, 15) is 19.5 Å². The largest absolute Gasteiger partial charge is 0.392 e. The minimum atomic E-state index is -0.456. The topological polar surface area (TPSA) is 115 Å². The van der Waals surface area contributed by atoms with Gasteiger partial charge in [0.2, 0.25) is 0 Å². The first-order valence-electron chi connectivity index (χ1n) is 15.7. The van der Waals surface area contributed by atoms with Crippen LogP contribution in [0.25, 0.3) is 0 Å². The molecule has 0 bridgehead atoms. The fourth-order valence-corrected chi connectivity index (χ4v) is 6.51. The molecule has 2 fully saturated rings. The number of nitrogens with one attached hydrogen (secondary N) is 1. The third kappa shape index (κ3) is 5.71. The number of rotatable bonds is 7. The average molecular weight is 608 g/mol. The molecule has 0 spiro atoms. The van der Waals surface area contributed by atoms with Crippen LogP contribution in [0.2, 0.25) is 0 Å². The Bertz CT molecular complexity index is 1680. The van der Waals surface area contributed by atoms with Crippen molar-refractivity contribution in [1.82, 2.24) is 9.80 Å². The molecule has 1 atom stereocenters. The Kier molecular flexibility index (Phi) is 7.85. The first-order chi connectivity index (χ1) is 21.9. The number of amides is 3. The van der Waals surface area contributed by atoms with Gasteiger partial charge >= 0.3 is 0 Å². The number of benzene rings is 3. The Labute approximate surface area is 262 Å². The number of hydrogen-bond acceptors (Lipinski definition) is 7. The molecule has 0 radical (unpaired) electrons. The summed E-state index contributed by atoms with van der Waals surface area (Å²) in [6.45, 7) is 2.73. The minimum absolute atomic E-state index is 0.0248. The van der Waals surface area contributed by atoms with Crippen LogP contribution in [-0.2, 0) is 22.6 Å². The van der Waals surface area contributed by atoms with Crippen molar-refractivity contribution >= 4 is 34.8 Å². The minimum Gasteiger partial charge on any atom is -0.392 e. The van der Waals surface area contributed by atoms with E-state index >= 15 is 0 Å². The summed E-state index contributed by atoms with van der Waals surface area (Å²) in [5.41, 5.74) is 6.26. The van der Waals surface area contributed by atoms with Gasteiger partial charge in [-0.25, -0.2) is 0 Å². The van der Waals surface area contributed by atoms with E-state index in [2.05, 4.69) is 17.4 Å². The third-order valence-electron chi connectivity index (χ3n) is 9.16. The Hall–Kier alpha value is -4.54. The summed E-state index contributed by atoms with van der Waals surface area (Å²) in [6, 6.07) is 18.8. The third-order valence-corrected chi connectivity index (χ3v) is 9.16. The Balaban J connectivity index is 1.13. The highest BCUT2D eigenvalue weighted by atomic mass is 16.5. The van der Waals surface area contributed by atoms with Crippen molar-refractivity contribution in [3.05, 3.63) is 94.0 Å². The van der Waals surface area contributed by atoms with Gasteiger partial charge in [0.15, 0.2) is 0 Å². The van der Waals surface area contributed by atoms with E-state index in [-0.39, 0.29) is 30.0 Å². The van der Waals surface area contributed by atoms with Gasteiger partial charge in [-0.3, -0.25) is 19.4 Å². The predicted molar refractivity (Wildman–Crippen MR) is 171 cm³/mol. The number of morpholine rings is 1. The van der Waals surface area contributed by atoms with Gasteiger partial charge in [-0.05, 0) is 72.7 Å². The van der Waals surface area contributed by atoms with E-state index in [1.54, 1.807) is 46.0 Å². The van der Waals surface area contributed by atoms with E-state index < -0.39 is 6.17 Å². The SMILES string of the molecule is CN1CC(Nc2ccc(C(=O)N3CCOCC3)cc2)N=C(c2cccc(N3CCc4cc(C5CC5)ccc4C3=O)c2CO)C1=O. The Morgan fingerprint density at radius 1 is 0.978 bits per heavy atom. The lowest BCUT2D eigenvalue weighted by Crippen LogP contribution is -2.46. The van der Waals surface area contributed by atoms with Crippen molar-refractivity contribution in [2.75, 3.05) is 56.7 Å². The van der Waals surface area contributed by atoms with E-state index in [4.69, 9.17) is 9.73 Å². The lowest BCUT2D eigenvalue weighted by molar-refractivity contribution is -0.123. The zero-order valence-electron chi connectivity index (χ0n) is 25.4. The highest BCUT2D eigenvalue weighted by Crippen LogP contribution is 2.41. The number of ether oxygens (including phenoxy) is 1. The van der Waals surface area contributed by atoms with Crippen LogP contribution in [0.4, 0.5) is 11.4 Å². The normalized spacial score (nSPS) is 20.2. The number of hydrogen-bond donors (Lipinski definition) is 2. The van der Waals surface area contributed by atoms with Crippen molar-refractivity contribution in [2.24, 2.45) is 4.99 Å². The molecular weight excluding hydrogens is 570 g/mol. The number of aliphatic imine (C=N–C) groups is 1. The highest BCUT2D eigenvalue weighted by Gasteiger charge is 2.33. The molecule has 10 nitrogen and oxygen atoms in total. The maximum absolute atomic E-state index is 13.7. The molecule has 0 aromatic heterocycles. The molecule has 3 amide bonds. The molecule has 1 saturated carbocycles. The maximum Gasteiger partial charge on any atom is 0.272 e. The Morgan fingerprint density at radius 3 is 2.49 bits per heavy atom. The second-order valence-corrected chi connectivity index (χ2v) is 12.2. The standard InChI is InChI=1S/C35H37N5O5/c1-38-20-31(36-26-10-7-23(8-11-26)33(42)39-15-17-45-18-16-39)37-32(35(38)44)28-3-2-4-30(29(28)21-41)40-14-13-25-19-24(22-5-6-22)9-12-27(25)34(40)43/h2-4,7-12,19,22,31,36,41H,5-6,13-18,20-21H2,1H3. The van der Waals surface area contributed by atoms with E-state index in [1.807, 2.05) is 24.3 Å². The molecule has 2 N–H and O–H groups in total. The second kappa shape index (κ2) is 12.1. The molecule has 3 aliphatic heterocycles. The Morgan fingerprint density at radius 2 is 1.76 bits per heavy atom. The van der Waals surface area contributed by atoms with Gasteiger partial charge in [0.1, 0.15) is 11.9 Å². The van der Waals surface area contributed by atoms with Gasteiger partial charge < -0.3 is 29.9 Å². The molecule has 232 valence electrons. The number of aliphatic hydroxyl groups excluding tert-OH is 1. The maximum atomic E-state index is 13.7. The lowest BCUT2D eigenvalue weighted by atomic mass is 9.93. The number of likely N-dealkylation sites (N-methyl/N-ethyl adjacent to an activating group) is 1. The number of anilines is 2. The van der Waals surface area contributed by atoms with Crippen LogP contribution in [0.15, 0.2) is 65.7 Å². The average Bonchev–Trinajstić information content (AvgIpc) is 3.92. The molecule has 10 heteroatoms. The fraction of sp³-hybridized carbons (Fsp3) is 0.371. The summed E-state index contributed by atoms with van der Waals surface area (Å²) in [5, 5.41) is 14.0. The molecule has 7 rings (SSSR count). The quantitative estimate of drug-likeness (QED) is 0.426. The molecular formula is C35H37N5O5. The summed E-state index contributed by atoms with van der Waals surface area (Å²) >= 11 is 0. The summed E-state index contributed by atoms with van der Waals surface area (Å²) in [5.74, 6) is 0.238. The van der Waals surface area contributed by atoms with E-state index in [0.29, 0.717) is 73.3 Å². The van der Waals surface area contributed by atoms with Crippen molar-refractivity contribution in [3.8, 4) is 0 Å². The van der Waals surface area contributed by atoms with Crippen LogP contribution in [-0.4, -0.2) is 90.9 Å². The monoisotopic (exact) mass is 607 g/mol. The zero-order valence-corrected chi connectivity index (χ0v) is 25.4. The molecule has 3 aromatic carbocycles. The summed E-state index contributed by atoms with van der Waals surface area (Å²) in [6.07, 6.45) is 2.69. The van der Waals surface area contributed by atoms with Crippen LogP contribution in [0.1, 0.15) is 61.7 Å². The van der Waals surface area contributed by atoms with Gasteiger partial charge in [-0.2, -0.15) is 0 Å². The number of nitrogens with zero attached hydrogens (tertiary/aromatic N) is 4. The van der Waals surface area contributed by atoms with Crippen molar-refractivity contribution in [1.29, 1.82) is 0 Å². The summed E-state index contributed by atoms with van der Waals surface area (Å²) in [4.78, 5) is 49.9. The van der Waals surface area contributed by atoms with Crippen LogP contribution in [0, 0.1) is 0 Å². The molecule has 1 unspecified atom stereocenters. The van der Waals surface area contributed by atoms with E-state index in [0.717, 1.165) is 17.7 Å². The molecule has 4 aliphatic rings. The van der Waals surface area contributed by atoms with Crippen molar-refractivity contribution in [3.63, 3.8) is 0 Å². The summed E-state index contributed by atoms with van der Waals surface area (Å²) < 4.78 is 5.35. The van der Waals surface area contributed by atoms with Crippen LogP contribution >= 0.6 is 0 Å². The zero-order chi connectivity index (χ0) is 31.1. The highest BCUT2D eigenvalue weighted by molar-refractivity contribution is 6.46. The number of aliphatic hydroxyl groups is 1. The first-order valence-corrected chi connectivity index (χ1v) is 15.7. The number of carbonyl (C=O) groups is 3. The fourth-order valence-electron chi connectivity index (χ4n) is 6.51. The van der Waals surface area contributed by atoms with Crippen LogP contribution in [0.5, 0.6) is 0 Å². The summed E-state index contributed by atoms with van der Waals surface area (Å²) in [7, 11) is 1.72. The van der Waals surface area contributed by atoms with Gasteiger partial charge in [0, 0.05) is 54.6 Å². The molecule has 3 aromatic rings. The van der Waals surface area contributed by atoms with Gasteiger partial charge in [0.25, 0.3) is 17.7 Å². The molecule has 1 saturated heterocycles. The predicted octanol–water partition coefficient (Wildman–Crippen LogP) is 3.43. The number of carbonyl (C=O) groups excluding carboxylic acids is 3. The number of fused-ring (bicyclic) bond motifs is 1. The van der Waals surface area contributed by atoms with E-state index in [1.165, 1.54) is 18.4 Å². The molecule has 1 aliphatic carbocycles. The smallest absolute Gasteiger partial charge is 0.272 e. The molecule has 45 heavy (non-hydrogen) atoms. The van der Waals surface area contributed by atoms with Crippen molar-refractivity contribution < 1.29 is 24.2 Å². The first kappa shape index (κ1) is 29.2. The van der Waals surface area contributed by atoms with Crippen molar-refractivity contribution in [2.45, 2.75) is 38.0 Å². The van der Waals surface area contributed by atoms with Crippen LogP contribution in [0.3, 0.4) is 0 Å². The van der Waals surface area contributed by atoms with Gasteiger partial charge in [-0.1, -0.05) is 24.3 Å². The lowest BCUT2D eigenvalue weighted by Gasteiger charge is -2.32. The second-order valence-electron chi connectivity index (χ2n) is 12.2. The van der Waals surface area contributed by atoms with Gasteiger partial charge in [0.05, 0.1) is 32.1 Å². The van der Waals surface area contributed by atoms with Crippen LogP contribution < -0.4 is 10.2 Å². The molecule has 3 heterocycles.